The van der Waals surface area contributed by atoms with Crippen molar-refractivity contribution in [2.45, 2.75) is 13.5 Å². The second-order valence-electron chi connectivity index (χ2n) is 4.24. The highest BCUT2D eigenvalue weighted by Crippen LogP contribution is 2.20. The summed E-state index contributed by atoms with van der Waals surface area (Å²) in [4.78, 5) is 11.5. The van der Waals surface area contributed by atoms with Gasteiger partial charge in [-0.05, 0) is 19.1 Å². The minimum Gasteiger partial charge on any atom is -0.340 e. The molecule has 0 unspecified atom stereocenters. The van der Waals surface area contributed by atoms with E-state index in [4.69, 9.17) is 4.98 Å². The maximum atomic E-state index is 4.71. The minimum atomic E-state index is 0.909. The van der Waals surface area contributed by atoms with Crippen LogP contribution in [-0.2, 0) is 6.54 Å². The van der Waals surface area contributed by atoms with Crippen LogP contribution in [0.25, 0.3) is 11.2 Å². The van der Waals surface area contributed by atoms with E-state index in [1.807, 2.05) is 18.3 Å². The highest BCUT2D eigenvalue weighted by atomic mass is 15.3. The molecule has 3 heterocycles. The first-order chi connectivity index (χ1) is 8.40. The molecule has 0 amide bonds. The van der Waals surface area contributed by atoms with E-state index < -0.39 is 0 Å². The van der Waals surface area contributed by atoms with Crippen molar-refractivity contribution in [2.75, 3.05) is 31.1 Å². The Morgan fingerprint density at radius 1 is 1.35 bits per heavy atom. The number of imidazole rings is 1. The van der Waals surface area contributed by atoms with Crippen LogP contribution in [0, 0.1) is 0 Å². The minimum absolute atomic E-state index is 0.909. The van der Waals surface area contributed by atoms with Crippen molar-refractivity contribution in [1.29, 1.82) is 0 Å². The molecule has 5 nitrogen and oxygen atoms in total. The van der Waals surface area contributed by atoms with Gasteiger partial charge in [-0.1, -0.05) is 0 Å². The standard InChI is InChI=1S/C12H17N5/c1-2-17-11-10(4-3-5-14-11)15-12(17)16-8-6-13-7-9-16/h3-5,13H,2,6-9H2,1H3. The second-order valence-corrected chi connectivity index (χ2v) is 4.24. The Balaban J connectivity index is 2.08. The Bertz CT molecular complexity index is 513. The van der Waals surface area contributed by atoms with Crippen LogP contribution in [0.15, 0.2) is 18.3 Å². The van der Waals surface area contributed by atoms with Crippen LogP contribution in [0.2, 0.25) is 0 Å². The number of hydrogen-bond donors (Lipinski definition) is 1. The van der Waals surface area contributed by atoms with E-state index in [1.165, 1.54) is 0 Å². The number of nitrogens with one attached hydrogen (secondary N) is 1. The Morgan fingerprint density at radius 2 is 2.18 bits per heavy atom. The lowest BCUT2D eigenvalue weighted by atomic mass is 10.4. The summed E-state index contributed by atoms with van der Waals surface area (Å²) < 4.78 is 2.20. The van der Waals surface area contributed by atoms with Gasteiger partial charge in [-0.2, -0.15) is 0 Å². The fourth-order valence-corrected chi connectivity index (χ4v) is 2.34. The zero-order valence-corrected chi connectivity index (χ0v) is 10.1. The van der Waals surface area contributed by atoms with Crippen molar-refractivity contribution in [3.8, 4) is 0 Å². The molecule has 0 bridgehead atoms. The smallest absolute Gasteiger partial charge is 0.207 e. The van der Waals surface area contributed by atoms with E-state index in [0.717, 1.165) is 49.8 Å². The van der Waals surface area contributed by atoms with Gasteiger partial charge in [-0.3, -0.25) is 4.57 Å². The van der Waals surface area contributed by atoms with Crippen molar-refractivity contribution in [2.24, 2.45) is 0 Å². The van der Waals surface area contributed by atoms with Crippen molar-refractivity contribution < 1.29 is 0 Å². The first-order valence-electron chi connectivity index (χ1n) is 6.17. The van der Waals surface area contributed by atoms with E-state index in [0.29, 0.717) is 0 Å². The summed E-state index contributed by atoms with van der Waals surface area (Å²) in [5.74, 6) is 1.06. The van der Waals surface area contributed by atoms with Crippen LogP contribution in [0.1, 0.15) is 6.92 Å². The van der Waals surface area contributed by atoms with E-state index in [2.05, 4.69) is 26.7 Å². The molecule has 0 aromatic carbocycles. The molecule has 3 rings (SSSR count). The normalized spacial score (nSPS) is 16.6. The van der Waals surface area contributed by atoms with Crippen LogP contribution < -0.4 is 10.2 Å². The third-order valence-corrected chi connectivity index (χ3v) is 3.20. The van der Waals surface area contributed by atoms with Crippen LogP contribution in [0.4, 0.5) is 5.95 Å². The molecular formula is C12H17N5. The van der Waals surface area contributed by atoms with Crippen molar-refractivity contribution in [1.82, 2.24) is 19.9 Å². The van der Waals surface area contributed by atoms with Gasteiger partial charge in [-0.25, -0.2) is 9.97 Å². The Hall–Kier alpha value is -1.62. The molecule has 0 saturated carbocycles. The Kier molecular flexibility index (Phi) is 2.68. The number of hydrogen-bond acceptors (Lipinski definition) is 4. The quantitative estimate of drug-likeness (QED) is 0.832. The van der Waals surface area contributed by atoms with Gasteiger partial charge < -0.3 is 10.2 Å². The highest BCUT2D eigenvalue weighted by Gasteiger charge is 2.18. The third-order valence-electron chi connectivity index (χ3n) is 3.20. The summed E-state index contributed by atoms with van der Waals surface area (Å²) in [7, 11) is 0. The number of piperazine rings is 1. The monoisotopic (exact) mass is 231 g/mol. The van der Waals surface area contributed by atoms with Gasteiger partial charge in [0.2, 0.25) is 5.95 Å². The molecule has 1 N–H and O–H groups in total. The average molecular weight is 231 g/mol. The van der Waals surface area contributed by atoms with Crippen molar-refractivity contribution in [3.63, 3.8) is 0 Å². The van der Waals surface area contributed by atoms with Crippen molar-refractivity contribution >= 4 is 17.1 Å². The molecular weight excluding hydrogens is 214 g/mol. The summed E-state index contributed by atoms with van der Waals surface area (Å²) in [5, 5.41) is 3.36. The first kappa shape index (κ1) is 10.5. The summed E-state index contributed by atoms with van der Waals surface area (Å²) in [6, 6.07) is 3.97. The molecule has 0 spiro atoms. The average Bonchev–Trinajstić information content (AvgIpc) is 2.78. The molecule has 2 aromatic heterocycles. The Labute approximate surface area is 100 Å². The number of aromatic nitrogens is 3. The molecule has 1 aliphatic rings. The number of aryl methyl sites for hydroxylation is 1. The van der Waals surface area contributed by atoms with E-state index in [1.54, 1.807) is 0 Å². The van der Waals surface area contributed by atoms with Crippen LogP contribution in [0.3, 0.4) is 0 Å². The molecule has 0 atom stereocenters. The fraction of sp³-hybridized carbons (Fsp3) is 0.500. The molecule has 1 fully saturated rings. The van der Waals surface area contributed by atoms with Gasteiger partial charge in [0.15, 0.2) is 5.65 Å². The van der Waals surface area contributed by atoms with E-state index in [-0.39, 0.29) is 0 Å². The number of nitrogens with zero attached hydrogens (tertiary/aromatic N) is 4. The molecule has 5 heteroatoms. The number of rotatable bonds is 2. The molecule has 17 heavy (non-hydrogen) atoms. The zero-order chi connectivity index (χ0) is 11.7. The molecule has 1 saturated heterocycles. The second kappa shape index (κ2) is 4.33. The number of pyridine rings is 1. The zero-order valence-electron chi connectivity index (χ0n) is 10.1. The first-order valence-corrected chi connectivity index (χ1v) is 6.17. The van der Waals surface area contributed by atoms with Gasteiger partial charge in [0, 0.05) is 38.9 Å². The maximum absolute atomic E-state index is 4.71. The van der Waals surface area contributed by atoms with Crippen LogP contribution >= 0.6 is 0 Å². The van der Waals surface area contributed by atoms with Crippen LogP contribution in [0.5, 0.6) is 0 Å². The Morgan fingerprint density at radius 3 is 2.94 bits per heavy atom. The predicted molar refractivity (Wildman–Crippen MR) is 68.3 cm³/mol. The molecule has 0 aliphatic carbocycles. The fourth-order valence-electron chi connectivity index (χ4n) is 2.34. The topological polar surface area (TPSA) is 46.0 Å². The lowest BCUT2D eigenvalue weighted by Gasteiger charge is -2.28. The van der Waals surface area contributed by atoms with E-state index in [9.17, 15) is 0 Å². The number of fused-ring (bicyclic) bond motifs is 1. The summed E-state index contributed by atoms with van der Waals surface area (Å²) >= 11 is 0. The molecule has 90 valence electrons. The highest BCUT2D eigenvalue weighted by molar-refractivity contribution is 5.74. The largest absolute Gasteiger partial charge is 0.340 e. The van der Waals surface area contributed by atoms with Gasteiger partial charge in [-0.15, -0.1) is 0 Å². The summed E-state index contributed by atoms with van der Waals surface area (Å²) in [6.07, 6.45) is 1.83. The van der Waals surface area contributed by atoms with Crippen LogP contribution in [-0.4, -0.2) is 40.7 Å². The lowest BCUT2D eigenvalue weighted by Crippen LogP contribution is -2.44. The summed E-state index contributed by atoms with van der Waals surface area (Å²) in [6.45, 7) is 7.14. The predicted octanol–water partition coefficient (Wildman–Crippen LogP) is 0.861. The molecule has 1 aliphatic heterocycles. The number of anilines is 1. The summed E-state index contributed by atoms with van der Waals surface area (Å²) in [5.41, 5.74) is 1.98. The van der Waals surface area contributed by atoms with Gasteiger partial charge in [0.05, 0.1) is 0 Å². The maximum Gasteiger partial charge on any atom is 0.207 e. The lowest BCUT2D eigenvalue weighted by molar-refractivity contribution is 0.569. The third kappa shape index (κ3) is 1.76. The SMILES string of the molecule is CCn1c(N2CCNCC2)nc2cccnc21. The van der Waals surface area contributed by atoms with Gasteiger partial charge in [0.1, 0.15) is 5.52 Å². The van der Waals surface area contributed by atoms with Gasteiger partial charge >= 0.3 is 0 Å². The van der Waals surface area contributed by atoms with Crippen molar-refractivity contribution in [3.05, 3.63) is 18.3 Å². The molecule has 0 radical (unpaired) electrons. The van der Waals surface area contributed by atoms with E-state index >= 15 is 0 Å². The van der Waals surface area contributed by atoms with Gasteiger partial charge in [0.25, 0.3) is 0 Å². The molecule has 2 aromatic rings.